The summed E-state index contributed by atoms with van der Waals surface area (Å²) in [5.41, 5.74) is 0. The molecule has 2 atom stereocenters. The van der Waals surface area contributed by atoms with E-state index in [4.69, 9.17) is 19.7 Å². The predicted octanol–water partition coefficient (Wildman–Crippen LogP) is 3.08. The fourth-order valence-electron chi connectivity index (χ4n) is 3.65. The molecule has 42 heavy (non-hydrogen) atoms. The highest BCUT2D eigenvalue weighted by atomic mass is 16.5. The summed E-state index contributed by atoms with van der Waals surface area (Å²) in [6.45, 7) is 5.12. The predicted molar refractivity (Wildman–Crippen MR) is 154 cm³/mol. The Balaban J connectivity index is 4.11. The molecule has 0 bridgehead atoms. The largest absolute Gasteiger partial charge is 0.481 e. The van der Waals surface area contributed by atoms with Gasteiger partial charge in [-0.3, -0.25) is 9.59 Å². The van der Waals surface area contributed by atoms with Crippen molar-refractivity contribution in [2.45, 2.75) is 116 Å². The number of carboxylic acids is 2. The van der Waals surface area contributed by atoms with Gasteiger partial charge < -0.3 is 41.0 Å². The number of amides is 4. The summed E-state index contributed by atoms with van der Waals surface area (Å²) in [6, 6.07) is -3.16. The monoisotopic (exact) mass is 602 g/mol. The molecule has 14 nitrogen and oxygen atoms in total. The van der Waals surface area contributed by atoms with Crippen molar-refractivity contribution in [1.82, 2.24) is 21.3 Å². The van der Waals surface area contributed by atoms with Crippen molar-refractivity contribution in [3.8, 4) is 0 Å². The van der Waals surface area contributed by atoms with E-state index in [1.807, 2.05) is 13.8 Å². The van der Waals surface area contributed by atoms with E-state index >= 15 is 0 Å². The number of carbonyl (C=O) groups is 6. The number of rotatable bonds is 25. The fourth-order valence-corrected chi connectivity index (χ4v) is 3.65. The van der Waals surface area contributed by atoms with Crippen molar-refractivity contribution >= 4 is 35.9 Å². The van der Waals surface area contributed by atoms with Crippen LogP contribution in [0.4, 0.5) is 9.59 Å². The summed E-state index contributed by atoms with van der Waals surface area (Å²) in [7, 11) is 0. The van der Waals surface area contributed by atoms with Crippen LogP contribution in [0.15, 0.2) is 0 Å². The van der Waals surface area contributed by atoms with Crippen molar-refractivity contribution in [2.24, 2.45) is 0 Å². The van der Waals surface area contributed by atoms with Crippen molar-refractivity contribution in [3.05, 3.63) is 0 Å². The quantitative estimate of drug-likeness (QED) is 0.0664. The van der Waals surface area contributed by atoms with Gasteiger partial charge >= 0.3 is 35.9 Å². The van der Waals surface area contributed by atoms with Crippen molar-refractivity contribution in [2.75, 3.05) is 26.3 Å². The third-order valence-corrected chi connectivity index (χ3v) is 6.13. The SMILES string of the molecule is CCCCOC(=O)[C@H](CCC(=O)O)NC(=O)NCCCCCCCCNC(=O)N[C@@H](CCC(=O)O)C(=O)OCCCC. The normalized spacial score (nSPS) is 12.0. The van der Waals surface area contributed by atoms with E-state index < -0.39 is 48.0 Å². The smallest absolute Gasteiger partial charge is 0.328 e. The Morgan fingerprint density at radius 3 is 1.26 bits per heavy atom. The molecule has 0 fully saturated rings. The number of urea groups is 2. The Labute approximate surface area is 248 Å². The molecule has 0 rings (SSSR count). The Morgan fingerprint density at radius 1 is 0.571 bits per heavy atom. The van der Waals surface area contributed by atoms with Gasteiger partial charge in [-0.1, -0.05) is 52.4 Å². The lowest BCUT2D eigenvalue weighted by molar-refractivity contribution is -0.147. The second-order valence-electron chi connectivity index (χ2n) is 9.93. The Bertz CT molecular complexity index is 759. The van der Waals surface area contributed by atoms with Crippen LogP contribution in [-0.2, 0) is 28.7 Å². The highest BCUT2D eigenvalue weighted by Gasteiger charge is 2.24. The molecule has 0 heterocycles. The first-order chi connectivity index (χ1) is 20.1. The number of aliphatic carboxylic acids is 2. The molecule has 0 spiro atoms. The summed E-state index contributed by atoms with van der Waals surface area (Å²) >= 11 is 0. The van der Waals surface area contributed by atoms with Gasteiger partial charge in [-0.25, -0.2) is 19.2 Å². The summed E-state index contributed by atoms with van der Waals surface area (Å²) in [5, 5.41) is 28.1. The number of esters is 2. The van der Waals surface area contributed by atoms with Gasteiger partial charge in [0, 0.05) is 25.9 Å². The van der Waals surface area contributed by atoms with Crippen LogP contribution in [0.3, 0.4) is 0 Å². The van der Waals surface area contributed by atoms with Crippen LogP contribution >= 0.6 is 0 Å². The number of ether oxygens (including phenoxy) is 2. The number of carboxylic acid groups (broad SMARTS) is 2. The Morgan fingerprint density at radius 2 is 0.929 bits per heavy atom. The standard InChI is InChI=1S/C28H50N4O10/c1-3-5-19-41-25(37)21(13-15-23(33)34)31-27(39)29-17-11-9-7-8-10-12-18-30-28(40)32-22(14-16-24(35)36)26(38)42-20-6-4-2/h21-22H,3-20H2,1-2H3,(H,33,34)(H,35,36)(H2,29,31,39)(H2,30,32,40)/t21-,22-/m0/s1. The van der Waals surface area contributed by atoms with Gasteiger partial charge in [0.1, 0.15) is 12.1 Å². The number of carbonyl (C=O) groups excluding carboxylic acids is 4. The lowest BCUT2D eigenvalue weighted by atomic mass is 10.1. The Hall–Kier alpha value is -3.58. The molecule has 0 saturated carbocycles. The molecule has 0 radical (unpaired) electrons. The van der Waals surface area contributed by atoms with Crippen LogP contribution in [0, 0.1) is 0 Å². The van der Waals surface area contributed by atoms with Crippen molar-refractivity contribution < 1.29 is 48.5 Å². The van der Waals surface area contributed by atoms with E-state index in [2.05, 4.69) is 21.3 Å². The van der Waals surface area contributed by atoms with E-state index in [1.165, 1.54) is 0 Å². The molecule has 6 N–H and O–H groups in total. The maximum atomic E-state index is 12.2. The molecule has 0 aromatic carbocycles. The van der Waals surface area contributed by atoms with Crippen LogP contribution in [0.25, 0.3) is 0 Å². The minimum Gasteiger partial charge on any atom is -0.481 e. The van der Waals surface area contributed by atoms with Crippen LogP contribution in [0.1, 0.15) is 104 Å². The van der Waals surface area contributed by atoms with E-state index in [0.717, 1.165) is 51.4 Å². The van der Waals surface area contributed by atoms with Gasteiger partial charge in [-0.15, -0.1) is 0 Å². The molecule has 0 aromatic rings. The minimum atomic E-state index is -1.07. The zero-order valence-electron chi connectivity index (χ0n) is 25.0. The maximum absolute atomic E-state index is 12.2. The van der Waals surface area contributed by atoms with Gasteiger partial charge in [0.05, 0.1) is 13.2 Å². The summed E-state index contributed by atoms with van der Waals surface area (Å²) in [5.74, 6) is -3.42. The van der Waals surface area contributed by atoms with Crippen LogP contribution in [0.2, 0.25) is 0 Å². The Kier molecular flexibility index (Phi) is 23.0. The molecule has 0 unspecified atom stereocenters. The van der Waals surface area contributed by atoms with Gasteiger partial charge in [-0.05, 0) is 38.5 Å². The van der Waals surface area contributed by atoms with E-state index in [0.29, 0.717) is 25.9 Å². The van der Waals surface area contributed by atoms with Crippen LogP contribution < -0.4 is 21.3 Å². The van der Waals surface area contributed by atoms with Gasteiger partial charge in [0.25, 0.3) is 0 Å². The first kappa shape index (κ1) is 38.4. The fraction of sp³-hybridized carbons (Fsp3) is 0.786. The lowest BCUT2D eigenvalue weighted by Gasteiger charge is -2.17. The first-order valence-electron chi connectivity index (χ1n) is 15.0. The molecule has 0 aliphatic rings. The molecule has 4 amide bonds. The number of hydrogen-bond acceptors (Lipinski definition) is 8. The van der Waals surface area contributed by atoms with Crippen LogP contribution in [0.5, 0.6) is 0 Å². The molecule has 14 heteroatoms. The highest BCUT2D eigenvalue weighted by molar-refractivity contribution is 5.84. The molecule has 0 aliphatic heterocycles. The van der Waals surface area contributed by atoms with Crippen molar-refractivity contribution in [3.63, 3.8) is 0 Å². The number of hydrogen-bond donors (Lipinski definition) is 6. The van der Waals surface area contributed by atoms with Crippen LogP contribution in [-0.4, -0.2) is 84.5 Å². The minimum absolute atomic E-state index is 0.0544. The van der Waals surface area contributed by atoms with Gasteiger partial charge in [0.2, 0.25) is 0 Å². The maximum Gasteiger partial charge on any atom is 0.328 e. The lowest BCUT2D eigenvalue weighted by Crippen LogP contribution is -2.47. The highest BCUT2D eigenvalue weighted by Crippen LogP contribution is 2.06. The third kappa shape index (κ3) is 22.1. The average Bonchev–Trinajstić information content (AvgIpc) is 2.94. The summed E-state index contributed by atoms with van der Waals surface area (Å²) in [4.78, 5) is 70.4. The van der Waals surface area contributed by atoms with Gasteiger partial charge in [-0.2, -0.15) is 0 Å². The van der Waals surface area contributed by atoms with E-state index in [-0.39, 0.29) is 38.9 Å². The number of unbranched alkanes of at least 4 members (excludes halogenated alkanes) is 7. The summed E-state index contributed by atoms with van der Waals surface area (Å²) < 4.78 is 10.2. The molecule has 242 valence electrons. The van der Waals surface area contributed by atoms with Crippen molar-refractivity contribution in [1.29, 1.82) is 0 Å². The molecule has 0 aromatic heterocycles. The second kappa shape index (κ2) is 25.2. The second-order valence-corrected chi connectivity index (χ2v) is 9.93. The molecule has 0 saturated heterocycles. The zero-order chi connectivity index (χ0) is 31.6. The first-order valence-corrected chi connectivity index (χ1v) is 15.0. The van der Waals surface area contributed by atoms with Gasteiger partial charge in [0.15, 0.2) is 0 Å². The zero-order valence-corrected chi connectivity index (χ0v) is 25.0. The summed E-state index contributed by atoms with van der Waals surface area (Å²) in [6.07, 6.45) is 7.41. The van der Waals surface area contributed by atoms with E-state index in [1.54, 1.807) is 0 Å². The average molecular weight is 603 g/mol. The van der Waals surface area contributed by atoms with E-state index in [9.17, 15) is 28.8 Å². The topological polar surface area (TPSA) is 209 Å². The molecule has 0 aliphatic carbocycles. The molecular weight excluding hydrogens is 552 g/mol. The molecular formula is C28H50N4O10. The third-order valence-electron chi connectivity index (χ3n) is 6.13. The number of nitrogens with one attached hydrogen (secondary N) is 4.